The molecule has 6 heterocycles. The quantitative estimate of drug-likeness (QED) is 0.227. The number of carbonyl (C=O) groups is 1. The van der Waals surface area contributed by atoms with Crippen LogP contribution in [0.15, 0.2) is 67.1 Å². The van der Waals surface area contributed by atoms with Crippen molar-refractivity contribution in [3.05, 3.63) is 83.1 Å². The minimum Gasteiger partial charge on any atom is -0.494 e. The molecule has 9 nitrogen and oxygen atoms in total. The first-order valence-corrected chi connectivity index (χ1v) is 14.9. The van der Waals surface area contributed by atoms with Crippen LogP contribution >= 0.6 is 11.3 Å². The Balaban J connectivity index is 1.07. The maximum absolute atomic E-state index is 13.0. The number of anilines is 2. The highest BCUT2D eigenvalue weighted by molar-refractivity contribution is 7.15. The van der Waals surface area contributed by atoms with E-state index in [0.29, 0.717) is 37.3 Å². The fraction of sp³-hybridized carbons (Fsp3) is 0.290. The molecule has 2 aliphatic heterocycles. The van der Waals surface area contributed by atoms with E-state index >= 15 is 0 Å². The van der Waals surface area contributed by atoms with Crippen molar-refractivity contribution in [2.45, 2.75) is 38.3 Å². The fourth-order valence-electron chi connectivity index (χ4n) is 5.57. The van der Waals surface area contributed by atoms with Gasteiger partial charge in [0, 0.05) is 53.7 Å². The van der Waals surface area contributed by atoms with Crippen molar-refractivity contribution < 1.29 is 9.53 Å². The molecule has 41 heavy (non-hydrogen) atoms. The molecule has 1 saturated heterocycles. The Labute approximate surface area is 242 Å². The van der Waals surface area contributed by atoms with Crippen LogP contribution in [0.1, 0.15) is 40.1 Å². The highest BCUT2D eigenvalue weighted by Crippen LogP contribution is 2.37. The van der Waals surface area contributed by atoms with Crippen LogP contribution < -0.4 is 15.4 Å². The van der Waals surface area contributed by atoms with Gasteiger partial charge < -0.3 is 25.3 Å². The fourth-order valence-corrected chi connectivity index (χ4v) is 6.73. The molecule has 1 unspecified atom stereocenters. The number of aromatic amines is 1. The zero-order valence-electron chi connectivity index (χ0n) is 22.6. The summed E-state index contributed by atoms with van der Waals surface area (Å²) in [6.45, 7) is 3.09. The zero-order chi connectivity index (χ0) is 27.6. The van der Waals surface area contributed by atoms with Crippen LogP contribution in [-0.4, -0.2) is 56.5 Å². The number of H-pyrrole nitrogens is 1. The van der Waals surface area contributed by atoms with Gasteiger partial charge in [-0.3, -0.25) is 9.78 Å². The number of pyridine rings is 1. The van der Waals surface area contributed by atoms with Gasteiger partial charge in [0.05, 0.1) is 22.7 Å². The Bertz CT molecular complexity index is 1660. The number of hydrogen-bond donors (Lipinski definition) is 3. The van der Waals surface area contributed by atoms with Crippen molar-refractivity contribution in [1.29, 1.82) is 0 Å². The molecular weight excluding hydrogens is 534 g/mol. The van der Waals surface area contributed by atoms with Crippen LogP contribution in [0.25, 0.3) is 21.6 Å². The maximum atomic E-state index is 13.0. The Morgan fingerprint density at radius 3 is 2.93 bits per heavy atom. The number of thiophene rings is 1. The summed E-state index contributed by atoms with van der Waals surface area (Å²) >= 11 is 1.75. The molecule has 0 bridgehead atoms. The summed E-state index contributed by atoms with van der Waals surface area (Å²) in [5.74, 6) is 1.39. The average Bonchev–Trinajstić information content (AvgIpc) is 3.78. The first-order chi connectivity index (χ1) is 20.2. The molecule has 1 amide bonds. The molecule has 0 saturated carbocycles. The number of nitrogens with zero attached hydrogens (tertiary/aromatic N) is 4. The summed E-state index contributed by atoms with van der Waals surface area (Å²) in [7, 11) is 0. The van der Waals surface area contributed by atoms with Crippen molar-refractivity contribution in [2.24, 2.45) is 0 Å². The van der Waals surface area contributed by atoms with Gasteiger partial charge in [0.2, 0.25) is 5.95 Å². The van der Waals surface area contributed by atoms with Crippen LogP contribution in [-0.2, 0) is 13.0 Å². The minimum absolute atomic E-state index is 0.0142. The third-order valence-corrected chi connectivity index (χ3v) is 8.96. The smallest absolute Gasteiger partial charge is 0.255 e. The van der Waals surface area contributed by atoms with E-state index in [0.717, 1.165) is 52.4 Å². The topological polar surface area (TPSA) is 108 Å². The van der Waals surface area contributed by atoms with E-state index in [9.17, 15) is 4.79 Å². The molecule has 10 heteroatoms. The molecule has 1 fully saturated rings. The predicted octanol–water partition coefficient (Wildman–Crippen LogP) is 5.54. The van der Waals surface area contributed by atoms with Gasteiger partial charge >= 0.3 is 0 Å². The zero-order valence-corrected chi connectivity index (χ0v) is 23.4. The van der Waals surface area contributed by atoms with E-state index in [4.69, 9.17) is 14.7 Å². The van der Waals surface area contributed by atoms with Crippen LogP contribution in [0.2, 0.25) is 0 Å². The lowest BCUT2D eigenvalue weighted by atomic mass is 10.1. The van der Waals surface area contributed by atoms with Gasteiger partial charge in [0.1, 0.15) is 11.4 Å². The second-order valence-electron chi connectivity index (χ2n) is 10.5. The lowest BCUT2D eigenvalue weighted by Gasteiger charge is -2.26. The summed E-state index contributed by atoms with van der Waals surface area (Å²) in [6.07, 6.45) is 9.54. The highest BCUT2D eigenvalue weighted by Gasteiger charge is 2.25. The molecule has 0 radical (unpaired) electrons. The Morgan fingerprint density at radius 1 is 1.17 bits per heavy atom. The van der Waals surface area contributed by atoms with Crippen LogP contribution in [0.4, 0.5) is 11.6 Å². The number of nitrogens with one attached hydrogen (secondary N) is 3. The van der Waals surface area contributed by atoms with E-state index < -0.39 is 0 Å². The first-order valence-electron chi connectivity index (χ1n) is 14.1. The molecule has 208 valence electrons. The van der Waals surface area contributed by atoms with E-state index in [-0.39, 0.29) is 5.91 Å². The van der Waals surface area contributed by atoms with Gasteiger partial charge in [0.25, 0.3) is 5.91 Å². The summed E-state index contributed by atoms with van der Waals surface area (Å²) in [5.41, 5.74) is 4.33. The second kappa shape index (κ2) is 11.3. The highest BCUT2D eigenvalue weighted by atomic mass is 32.1. The molecule has 5 aromatic rings. The summed E-state index contributed by atoms with van der Waals surface area (Å²) in [4.78, 5) is 34.3. The monoisotopic (exact) mass is 565 g/mol. The number of rotatable bonds is 8. The molecule has 4 aromatic heterocycles. The Morgan fingerprint density at radius 2 is 2.10 bits per heavy atom. The SMILES string of the molecule is O=C(c1cccnc1)N1CCc2sc(-c3nc(Nc4ccc(OCCC5CCCN5)cc4)nc4[nH]ccc34)cc2C1. The first kappa shape index (κ1) is 25.7. The minimum atomic E-state index is 0.0142. The molecular formula is C31H31N7O2S. The van der Waals surface area contributed by atoms with Crippen molar-refractivity contribution in [1.82, 2.24) is 30.2 Å². The molecule has 1 atom stereocenters. The predicted molar refractivity (Wildman–Crippen MR) is 161 cm³/mol. The van der Waals surface area contributed by atoms with Crippen LogP contribution in [0, 0.1) is 0 Å². The summed E-state index contributed by atoms with van der Waals surface area (Å²) < 4.78 is 5.95. The van der Waals surface area contributed by atoms with E-state index in [2.05, 4.69) is 26.7 Å². The summed E-state index contributed by atoms with van der Waals surface area (Å²) in [5, 5.41) is 7.84. The van der Waals surface area contributed by atoms with Gasteiger partial charge in [-0.1, -0.05) is 0 Å². The van der Waals surface area contributed by atoms with E-state index in [1.54, 1.807) is 29.8 Å². The normalized spacial score (nSPS) is 16.6. The number of hydrogen-bond acceptors (Lipinski definition) is 8. The summed E-state index contributed by atoms with van der Waals surface area (Å²) in [6, 6.07) is 16.3. The molecule has 0 spiro atoms. The molecule has 7 rings (SSSR count). The van der Waals surface area contributed by atoms with Crippen molar-refractivity contribution in [3.63, 3.8) is 0 Å². The van der Waals surface area contributed by atoms with Gasteiger partial charge in [0.15, 0.2) is 0 Å². The van der Waals surface area contributed by atoms with E-state index in [1.165, 1.54) is 23.3 Å². The van der Waals surface area contributed by atoms with Gasteiger partial charge in [-0.25, -0.2) is 4.98 Å². The third-order valence-electron chi connectivity index (χ3n) is 7.72. The Kier molecular flexibility index (Phi) is 7.08. The molecule has 0 aliphatic carbocycles. The van der Waals surface area contributed by atoms with Gasteiger partial charge in [-0.05, 0) is 86.3 Å². The largest absolute Gasteiger partial charge is 0.494 e. The second-order valence-corrected chi connectivity index (χ2v) is 11.6. The van der Waals surface area contributed by atoms with Crippen molar-refractivity contribution >= 4 is 39.9 Å². The average molecular weight is 566 g/mol. The molecule has 1 aromatic carbocycles. The molecule has 2 aliphatic rings. The van der Waals surface area contributed by atoms with Crippen LogP contribution in [0.3, 0.4) is 0 Å². The maximum Gasteiger partial charge on any atom is 0.255 e. The standard InChI is InChI=1S/C31H31N7O2S/c39-30(20-3-1-12-32-18-20)38-15-10-26-21(19-38)17-27(41-26)28-25-9-14-34-29(25)37-31(36-28)35-23-5-7-24(8-6-23)40-16-11-22-4-2-13-33-22/h1,3,5-9,12,14,17-18,22,33H,2,4,10-11,13,15-16,19H2,(H2,34,35,36,37). The number of ether oxygens (including phenoxy) is 1. The lowest BCUT2D eigenvalue weighted by molar-refractivity contribution is 0.0735. The number of benzene rings is 1. The molecule has 3 N–H and O–H groups in total. The third kappa shape index (κ3) is 5.53. The number of aromatic nitrogens is 4. The van der Waals surface area contributed by atoms with E-state index in [1.807, 2.05) is 47.5 Å². The van der Waals surface area contributed by atoms with Gasteiger partial charge in [-0.2, -0.15) is 4.98 Å². The van der Waals surface area contributed by atoms with Crippen molar-refractivity contribution in [3.8, 4) is 16.3 Å². The van der Waals surface area contributed by atoms with Crippen LogP contribution in [0.5, 0.6) is 5.75 Å². The number of amides is 1. The number of fused-ring (bicyclic) bond motifs is 2. The number of carbonyl (C=O) groups excluding carboxylic acids is 1. The lowest BCUT2D eigenvalue weighted by Crippen LogP contribution is -2.35. The Hall–Kier alpha value is -4.28. The van der Waals surface area contributed by atoms with Crippen molar-refractivity contribution in [2.75, 3.05) is 25.0 Å². The van der Waals surface area contributed by atoms with Gasteiger partial charge in [-0.15, -0.1) is 11.3 Å².